The Morgan fingerprint density at radius 1 is 0.909 bits per heavy atom. The van der Waals surface area contributed by atoms with Gasteiger partial charge in [0.15, 0.2) is 6.10 Å². The van der Waals surface area contributed by atoms with E-state index in [0.717, 1.165) is 28.1 Å². The van der Waals surface area contributed by atoms with Crippen LogP contribution in [-0.4, -0.2) is 24.5 Å². The van der Waals surface area contributed by atoms with Crippen molar-refractivity contribution in [1.82, 2.24) is 0 Å². The average molecular weight is 443 g/mol. The topological polar surface area (TPSA) is 59.1 Å². The number of anilines is 2. The summed E-state index contributed by atoms with van der Waals surface area (Å²) in [6.45, 7) is 6.41. The van der Waals surface area contributed by atoms with E-state index in [1.807, 2.05) is 93.6 Å². The first-order valence-corrected chi connectivity index (χ1v) is 11.2. The van der Waals surface area contributed by atoms with E-state index in [9.17, 15) is 9.59 Å². The maximum absolute atomic E-state index is 13.7. The Labute approximate surface area is 193 Å². The zero-order chi connectivity index (χ0) is 23.1. The van der Waals surface area contributed by atoms with E-state index in [0.29, 0.717) is 12.3 Å². The Kier molecular flexibility index (Phi) is 5.38. The number of ether oxygens (including phenoxy) is 1. The molecule has 3 aromatic carbocycles. The SMILES string of the molecule is CCOc1ccc([C@H]2[C@H]3C(=O)N(c4ccc(C)cc4C)C(=O)[C@@H]3ON2c2ccccc2)cc1. The molecule has 0 spiro atoms. The van der Waals surface area contributed by atoms with Crippen molar-refractivity contribution in [2.24, 2.45) is 5.92 Å². The lowest BCUT2D eigenvalue weighted by Crippen LogP contribution is -2.37. The maximum Gasteiger partial charge on any atom is 0.266 e. The monoisotopic (exact) mass is 442 g/mol. The molecule has 168 valence electrons. The second kappa shape index (κ2) is 8.37. The summed E-state index contributed by atoms with van der Waals surface area (Å²) < 4.78 is 5.58. The molecule has 2 amide bonds. The standard InChI is InChI=1S/C27H26N2O4/c1-4-32-21-13-11-19(12-14-21)24-23-25(33-29(24)20-8-6-5-7-9-20)27(31)28(26(23)30)22-15-10-17(2)16-18(22)3/h5-16,23-25H,4H2,1-3H3/t23-,24+,25-/m1/s1. The molecule has 2 aliphatic heterocycles. The molecular weight excluding hydrogens is 416 g/mol. The van der Waals surface area contributed by atoms with E-state index in [2.05, 4.69) is 0 Å². The van der Waals surface area contributed by atoms with Crippen LogP contribution in [-0.2, 0) is 14.4 Å². The number of hydroxylamine groups is 1. The van der Waals surface area contributed by atoms with Gasteiger partial charge >= 0.3 is 0 Å². The second-order valence-corrected chi connectivity index (χ2v) is 8.46. The smallest absolute Gasteiger partial charge is 0.266 e. The minimum absolute atomic E-state index is 0.241. The van der Waals surface area contributed by atoms with Crippen LogP contribution in [0.25, 0.3) is 0 Å². The lowest BCUT2D eigenvalue weighted by Gasteiger charge is -2.29. The Morgan fingerprint density at radius 3 is 2.30 bits per heavy atom. The number of nitrogens with zero attached hydrogens (tertiary/aromatic N) is 2. The van der Waals surface area contributed by atoms with Crippen LogP contribution in [0.4, 0.5) is 11.4 Å². The molecule has 0 aromatic heterocycles. The van der Waals surface area contributed by atoms with E-state index in [4.69, 9.17) is 9.57 Å². The normalized spacial score (nSPS) is 22.1. The van der Waals surface area contributed by atoms with Crippen LogP contribution in [0.1, 0.15) is 29.7 Å². The van der Waals surface area contributed by atoms with Gasteiger partial charge in [-0.25, -0.2) is 9.96 Å². The highest BCUT2D eigenvalue weighted by Crippen LogP contribution is 2.48. The summed E-state index contributed by atoms with van der Waals surface area (Å²) in [6.07, 6.45) is -0.880. The Bertz CT molecular complexity index is 1190. The molecule has 0 bridgehead atoms. The first kappa shape index (κ1) is 21.2. The van der Waals surface area contributed by atoms with E-state index in [1.165, 1.54) is 4.90 Å². The lowest BCUT2D eigenvalue weighted by molar-refractivity contribution is -0.126. The predicted octanol–water partition coefficient (Wildman–Crippen LogP) is 4.75. The fraction of sp³-hybridized carbons (Fsp3) is 0.259. The van der Waals surface area contributed by atoms with E-state index >= 15 is 0 Å². The molecular formula is C27H26N2O4. The van der Waals surface area contributed by atoms with Crippen LogP contribution < -0.4 is 14.7 Å². The van der Waals surface area contributed by atoms with Gasteiger partial charge in [-0.3, -0.25) is 14.4 Å². The number of amides is 2. The predicted molar refractivity (Wildman–Crippen MR) is 126 cm³/mol. The van der Waals surface area contributed by atoms with Crippen LogP contribution in [0.2, 0.25) is 0 Å². The number of hydrogen-bond acceptors (Lipinski definition) is 5. The number of imide groups is 1. The number of fused-ring (bicyclic) bond motifs is 1. The summed E-state index contributed by atoms with van der Waals surface area (Å²) in [6, 6.07) is 22.5. The molecule has 3 atom stereocenters. The molecule has 2 heterocycles. The lowest BCUT2D eigenvalue weighted by atomic mass is 9.90. The number of carbonyl (C=O) groups is 2. The van der Waals surface area contributed by atoms with Gasteiger partial charge in [0, 0.05) is 0 Å². The van der Waals surface area contributed by atoms with E-state index in [1.54, 1.807) is 5.06 Å². The summed E-state index contributed by atoms with van der Waals surface area (Å²) in [7, 11) is 0. The van der Waals surface area contributed by atoms with Crippen molar-refractivity contribution in [3.8, 4) is 5.75 Å². The van der Waals surface area contributed by atoms with E-state index < -0.39 is 18.1 Å². The van der Waals surface area contributed by atoms with Crippen molar-refractivity contribution in [1.29, 1.82) is 0 Å². The largest absolute Gasteiger partial charge is 0.494 e. The van der Waals surface area contributed by atoms with Crippen molar-refractivity contribution >= 4 is 23.2 Å². The highest BCUT2D eigenvalue weighted by molar-refractivity contribution is 6.24. The van der Waals surface area contributed by atoms with Gasteiger partial charge in [0.1, 0.15) is 11.7 Å². The Hall–Kier alpha value is -3.64. The molecule has 6 heteroatoms. The molecule has 0 aliphatic carbocycles. The quantitative estimate of drug-likeness (QED) is 0.534. The van der Waals surface area contributed by atoms with Gasteiger partial charge < -0.3 is 4.74 Å². The molecule has 2 aliphatic rings. The van der Waals surface area contributed by atoms with Crippen LogP contribution in [0, 0.1) is 19.8 Å². The van der Waals surface area contributed by atoms with Gasteiger partial charge in [-0.15, -0.1) is 0 Å². The van der Waals surface area contributed by atoms with Gasteiger partial charge in [-0.2, -0.15) is 0 Å². The maximum atomic E-state index is 13.7. The van der Waals surface area contributed by atoms with Gasteiger partial charge in [0.05, 0.1) is 24.0 Å². The average Bonchev–Trinajstić information content (AvgIpc) is 3.32. The third-order valence-corrected chi connectivity index (χ3v) is 6.25. The summed E-state index contributed by atoms with van der Waals surface area (Å²) in [4.78, 5) is 34.7. The minimum Gasteiger partial charge on any atom is -0.494 e. The van der Waals surface area contributed by atoms with Crippen molar-refractivity contribution < 1.29 is 19.2 Å². The highest BCUT2D eigenvalue weighted by Gasteiger charge is 2.60. The Balaban J connectivity index is 1.56. The number of hydrogen-bond donors (Lipinski definition) is 0. The second-order valence-electron chi connectivity index (χ2n) is 8.46. The summed E-state index contributed by atoms with van der Waals surface area (Å²) in [5, 5.41) is 1.71. The molecule has 33 heavy (non-hydrogen) atoms. The minimum atomic E-state index is -0.880. The first-order chi connectivity index (χ1) is 16.0. The number of benzene rings is 3. The number of carbonyl (C=O) groups excluding carboxylic acids is 2. The third kappa shape index (κ3) is 3.56. The van der Waals surface area contributed by atoms with Gasteiger partial charge in [-0.1, -0.05) is 48.0 Å². The fourth-order valence-corrected chi connectivity index (χ4v) is 4.77. The highest BCUT2D eigenvalue weighted by atomic mass is 16.7. The zero-order valence-electron chi connectivity index (χ0n) is 18.9. The molecule has 0 unspecified atom stereocenters. The number of rotatable bonds is 5. The molecule has 5 rings (SSSR count). The summed E-state index contributed by atoms with van der Waals surface area (Å²) >= 11 is 0. The van der Waals surface area contributed by atoms with Crippen LogP contribution in [0.15, 0.2) is 72.8 Å². The van der Waals surface area contributed by atoms with Crippen molar-refractivity contribution in [3.05, 3.63) is 89.5 Å². The first-order valence-electron chi connectivity index (χ1n) is 11.2. The molecule has 6 nitrogen and oxygen atoms in total. The number of aryl methyl sites for hydroxylation is 2. The van der Waals surface area contributed by atoms with Crippen molar-refractivity contribution in [3.63, 3.8) is 0 Å². The third-order valence-electron chi connectivity index (χ3n) is 6.25. The van der Waals surface area contributed by atoms with Crippen LogP contribution >= 0.6 is 0 Å². The molecule has 3 aromatic rings. The van der Waals surface area contributed by atoms with Crippen LogP contribution in [0.5, 0.6) is 5.75 Å². The summed E-state index contributed by atoms with van der Waals surface area (Å²) in [5.41, 5.74) is 4.26. The van der Waals surface area contributed by atoms with Crippen molar-refractivity contribution in [2.45, 2.75) is 32.9 Å². The van der Waals surface area contributed by atoms with Crippen LogP contribution in [0.3, 0.4) is 0 Å². The zero-order valence-corrected chi connectivity index (χ0v) is 18.9. The summed E-state index contributed by atoms with van der Waals surface area (Å²) in [5.74, 6) is -0.467. The molecule has 0 radical (unpaired) electrons. The molecule has 0 saturated carbocycles. The van der Waals surface area contributed by atoms with Gasteiger partial charge in [-0.05, 0) is 62.2 Å². The van der Waals surface area contributed by atoms with Crippen molar-refractivity contribution in [2.75, 3.05) is 16.6 Å². The number of para-hydroxylation sites is 1. The van der Waals surface area contributed by atoms with Gasteiger partial charge in [0.25, 0.3) is 5.91 Å². The molecule has 2 fully saturated rings. The molecule has 0 N–H and O–H groups in total. The molecule has 2 saturated heterocycles. The Morgan fingerprint density at radius 2 is 1.64 bits per heavy atom. The fourth-order valence-electron chi connectivity index (χ4n) is 4.77. The van der Waals surface area contributed by atoms with E-state index in [-0.39, 0.29) is 11.8 Å². The van der Waals surface area contributed by atoms with Gasteiger partial charge in [0.2, 0.25) is 5.91 Å².